The lowest BCUT2D eigenvalue weighted by Gasteiger charge is -2.07. The summed E-state index contributed by atoms with van der Waals surface area (Å²) in [5, 5.41) is 4.35. The molecule has 0 atom stereocenters. The predicted molar refractivity (Wildman–Crippen MR) is 53.3 cm³/mol. The summed E-state index contributed by atoms with van der Waals surface area (Å²) in [6, 6.07) is 0. The molecule has 0 aliphatic carbocycles. The number of nitrogens with two attached hydrogens (primary N) is 1. The van der Waals surface area contributed by atoms with Gasteiger partial charge in [0.2, 0.25) is 10.0 Å². The van der Waals surface area contributed by atoms with Crippen LogP contribution in [0.5, 0.6) is 0 Å². The number of nitrogens with zero attached hydrogens (tertiary/aromatic N) is 1. The van der Waals surface area contributed by atoms with Crippen molar-refractivity contribution in [2.24, 2.45) is 5.14 Å². The Bertz CT molecular complexity index is 494. The third-order valence-corrected chi connectivity index (χ3v) is 4.09. The third-order valence-electron chi connectivity index (χ3n) is 1.47. The molecule has 1 heterocycles. The molecule has 1 rings (SSSR count). The zero-order valence-electron chi connectivity index (χ0n) is 6.92. The minimum absolute atomic E-state index is 0.211. The molecule has 0 aliphatic heterocycles. The number of primary sulfonamides is 1. The van der Waals surface area contributed by atoms with Gasteiger partial charge in [0.1, 0.15) is 10.6 Å². The van der Waals surface area contributed by atoms with E-state index in [0.717, 1.165) is 6.20 Å². The fraction of sp³-hybridized carbons (Fsp3) is 0.167. The van der Waals surface area contributed by atoms with Crippen LogP contribution in [0.3, 0.4) is 0 Å². The van der Waals surface area contributed by atoms with Crippen LogP contribution in [-0.2, 0) is 10.0 Å². The van der Waals surface area contributed by atoms with Crippen LogP contribution < -0.4 is 5.14 Å². The van der Waals surface area contributed by atoms with Crippen LogP contribution in [0.15, 0.2) is 15.6 Å². The van der Waals surface area contributed by atoms with Gasteiger partial charge in [-0.05, 0) is 15.9 Å². The summed E-state index contributed by atoms with van der Waals surface area (Å²) in [6.45, 7) is 0. The van der Waals surface area contributed by atoms with Gasteiger partial charge in [0.15, 0.2) is 0 Å². The summed E-state index contributed by atoms with van der Waals surface area (Å²) < 4.78 is 46.3. The van der Waals surface area contributed by atoms with Gasteiger partial charge in [-0.1, -0.05) is 11.6 Å². The maximum Gasteiger partial charge on any atom is 0.281 e. The monoisotopic (exact) mass is 320 g/mol. The van der Waals surface area contributed by atoms with Crippen molar-refractivity contribution in [2.75, 3.05) is 0 Å². The molecule has 0 aromatic carbocycles. The largest absolute Gasteiger partial charge is 0.281 e. The van der Waals surface area contributed by atoms with E-state index in [4.69, 9.17) is 16.7 Å². The summed E-state index contributed by atoms with van der Waals surface area (Å²) in [6.07, 6.45) is -2.16. The predicted octanol–water partition coefficient (Wildman–Crippen LogP) is 2.08. The molecule has 0 radical (unpaired) electrons. The number of sulfonamides is 1. The Balaban J connectivity index is 3.48. The number of rotatable bonds is 2. The van der Waals surface area contributed by atoms with Crippen LogP contribution >= 0.6 is 27.5 Å². The van der Waals surface area contributed by atoms with Crippen LogP contribution in [0.25, 0.3) is 0 Å². The normalized spacial score (nSPS) is 12.1. The second-order valence-electron chi connectivity index (χ2n) is 2.48. The van der Waals surface area contributed by atoms with Crippen LogP contribution in [0.4, 0.5) is 8.78 Å². The summed E-state index contributed by atoms with van der Waals surface area (Å²) in [7, 11) is -4.04. The lowest BCUT2D eigenvalue weighted by atomic mass is 10.3. The maximum absolute atomic E-state index is 12.3. The van der Waals surface area contributed by atoms with Crippen molar-refractivity contribution >= 4 is 37.6 Å². The van der Waals surface area contributed by atoms with Gasteiger partial charge in [-0.3, -0.25) is 4.98 Å². The van der Waals surface area contributed by atoms with Crippen molar-refractivity contribution in [3.05, 3.63) is 21.4 Å². The summed E-state index contributed by atoms with van der Waals surface area (Å²) in [4.78, 5) is 2.80. The highest BCUT2D eigenvalue weighted by Gasteiger charge is 2.22. The Morgan fingerprint density at radius 2 is 2.07 bits per heavy atom. The lowest BCUT2D eigenvalue weighted by Crippen LogP contribution is -2.14. The van der Waals surface area contributed by atoms with Crippen molar-refractivity contribution in [3.8, 4) is 0 Å². The first kappa shape index (κ1) is 12.8. The molecule has 0 spiro atoms. The molecule has 2 N–H and O–H groups in total. The van der Waals surface area contributed by atoms with Crippen molar-refractivity contribution in [1.82, 2.24) is 4.98 Å². The van der Waals surface area contributed by atoms with Gasteiger partial charge in [0, 0.05) is 6.20 Å². The molecule has 0 amide bonds. The highest BCUT2D eigenvalue weighted by atomic mass is 79.9. The summed E-state index contributed by atoms with van der Waals surface area (Å²) in [5.41, 5.74) is -0.698. The Kier molecular flexibility index (Phi) is 3.64. The van der Waals surface area contributed by atoms with E-state index in [0.29, 0.717) is 0 Å². The number of hydrogen-bond acceptors (Lipinski definition) is 3. The van der Waals surface area contributed by atoms with Gasteiger partial charge < -0.3 is 0 Å². The Morgan fingerprint density at radius 1 is 1.53 bits per heavy atom. The van der Waals surface area contributed by atoms with Crippen LogP contribution in [0.2, 0.25) is 5.02 Å². The van der Waals surface area contributed by atoms with Gasteiger partial charge in [0.25, 0.3) is 6.43 Å². The minimum Gasteiger partial charge on any atom is -0.252 e. The fourth-order valence-electron chi connectivity index (χ4n) is 0.813. The van der Waals surface area contributed by atoms with E-state index >= 15 is 0 Å². The van der Waals surface area contributed by atoms with Crippen molar-refractivity contribution < 1.29 is 17.2 Å². The van der Waals surface area contributed by atoms with Gasteiger partial charge in [-0.25, -0.2) is 22.3 Å². The number of alkyl halides is 2. The number of halogens is 4. The van der Waals surface area contributed by atoms with Crippen LogP contribution in [0, 0.1) is 0 Å². The minimum atomic E-state index is -4.04. The molecule has 4 nitrogen and oxygen atoms in total. The van der Waals surface area contributed by atoms with Crippen molar-refractivity contribution in [1.29, 1.82) is 0 Å². The first-order chi connectivity index (χ1) is 6.75. The number of pyridine rings is 1. The molecule has 0 saturated carbocycles. The molecule has 0 saturated heterocycles. The maximum atomic E-state index is 12.3. The first-order valence-corrected chi connectivity index (χ1v) is 6.11. The lowest BCUT2D eigenvalue weighted by molar-refractivity contribution is 0.146. The highest BCUT2D eigenvalue weighted by Crippen LogP contribution is 2.34. The van der Waals surface area contributed by atoms with E-state index in [-0.39, 0.29) is 4.47 Å². The molecule has 1 aromatic rings. The van der Waals surface area contributed by atoms with E-state index in [1.165, 1.54) is 0 Å². The Labute approximate surface area is 97.6 Å². The Hall–Kier alpha value is -0.310. The molecule has 84 valence electrons. The van der Waals surface area contributed by atoms with E-state index in [1.54, 1.807) is 0 Å². The van der Waals surface area contributed by atoms with Gasteiger partial charge in [-0.2, -0.15) is 0 Å². The van der Waals surface area contributed by atoms with Gasteiger partial charge in [0.05, 0.1) is 9.50 Å². The third kappa shape index (κ3) is 2.63. The molecule has 0 unspecified atom stereocenters. The quantitative estimate of drug-likeness (QED) is 0.906. The molecule has 15 heavy (non-hydrogen) atoms. The number of hydrogen-bond donors (Lipinski definition) is 1. The molecule has 0 fully saturated rings. The SMILES string of the molecule is NS(=O)(=O)c1cnc(C(F)F)c(Cl)c1Br. The van der Waals surface area contributed by atoms with E-state index in [2.05, 4.69) is 20.9 Å². The van der Waals surface area contributed by atoms with Crippen molar-refractivity contribution in [3.63, 3.8) is 0 Å². The first-order valence-electron chi connectivity index (χ1n) is 3.40. The summed E-state index contributed by atoms with van der Waals surface area (Å²) in [5.74, 6) is 0. The second kappa shape index (κ2) is 4.28. The standard InChI is InChI=1S/C6H4BrClF2N2O2S/c7-3-2(15(11,13)14)1-12-5(4(3)8)6(9)10/h1,6H,(H2,11,13,14). The zero-order valence-corrected chi connectivity index (χ0v) is 10.1. The second-order valence-corrected chi connectivity index (χ2v) is 5.18. The molecule has 1 aromatic heterocycles. The molecule has 0 bridgehead atoms. The average molecular weight is 322 g/mol. The molecule has 9 heteroatoms. The average Bonchev–Trinajstić information content (AvgIpc) is 2.06. The van der Waals surface area contributed by atoms with Gasteiger partial charge in [-0.15, -0.1) is 0 Å². The topological polar surface area (TPSA) is 73.1 Å². The van der Waals surface area contributed by atoms with Crippen molar-refractivity contribution in [2.45, 2.75) is 11.3 Å². The number of aromatic nitrogens is 1. The van der Waals surface area contributed by atoms with E-state index in [1.807, 2.05) is 0 Å². The van der Waals surface area contributed by atoms with E-state index < -0.39 is 32.1 Å². The smallest absolute Gasteiger partial charge is 0.252 e. The Morgan fingerprint density at radius 3 is 2.47 bits per heavy atom. The summed E-state index contributed by atoms with van der Waals surface area (Å²) >= 11 is 8.26. The highest BCUT2D eigenvalue weighted by molar-refractivity contribution is 9.10. The van der Waals surface area contributed by atoms with Crippen LogP contribution in [0.1, 0.15) is 12.1 Å². The molecular weight excluding hydrogens is 317 g/mol. The molecule has 0 aliphatic rings. The molecular formula is C6H4BrClF2N2O2S. The van der Waals surface area contributed by atoms with E-state index in [9.17, 15) is 17.2 Å². The fourth-order valence-corrected chi connectivity index (χ4v) is 2.64. The van der Waals surface area contributed by atoms with Crippen LogP contribution in [-0.4, -0.2) is 13.4 Å². The van der Waals surface area contributed by atoms with Gasteiger partial charge >= 0.3 is 0 Å². The zero-order chi connectivity index (χ0) is 11.8.